The number of nitrogens with one attached hydrogen (secondary N) is 1. The normalized spacial score (nSPS) is 23.2. The van der Waals surface area contributed by atoms with Crippen molar-refractivity contribution in [2.75, 3.05) is 39.8 Å². The maximum atomic E-state index is 12.6. The average molecular weight is 418 g/mol. The molecule has 156 valence electrons. The number of aliphatic imine (C=N–C) groups is 1. The fourth-order valence-electron chi connectivity index (χ4n) is 3.90. The summed E-state index contributed by atoms with van der Waals surface area (Å²) in [5.41, 5.74) is 1.84. The number of sulfonamides is 1. The van der Waals surface area contributed by atoms with Gasteiger partial charge in [0.05, 0.1) is 5.69 Å². The number of piperazine rings is 1. The van der Waals surface area contributed by atoms with Crippen LogP contribution in [0.3, 0.4) is 0 Å². The second-order valence-electron chi connectivity index (χ2n) is 7.57. The van der Waals surface area contributed by atoms with E-state index in [-0.39, 0.29) is 5.75 Å². The number of guanidine groups is 1. The lowest BCUT2D eigenvalue weighted by atomic mass is 10.1. The zero-order valence-electron chi connectivity index (χ0n) is 16.6. The lowest BCUT2D eigenvalue weighted by Crippen LogP contribution is -2.54. The second kappa shape index (κ2) is 8.54. The number of hydrogen-bond donors (Lipinski definition) is 1. The molecule has 1 aromatic heterocycles. The zero-order chi connectivity index (χ0) is 20.3. The molecule has 1 aromatic carbocycles. The highest BCUT2D eigenvalue weighted by atomic mass is 32.2. The van der Waals surface area contributed by atoms with Crippen LogP contribution in [0, 0.1) is 5.92 Å². The summed E-state index contributed by atoms with van der Waals surface area (Å²) in [6.45, 7) is 3.00. The monoisotopic (exact) mass is 417 g/mol. The van der Waals surface area contributed by atoms with Crippen molar-refractivity contribution in [1.82, 2.24) is 19.7 Å². The van der Waals surface area contributed by atoms with Gasteiger partial charge in [-0.3, -0.25) is 4.99 Å². The summed E-state index contributed by atoms with van der Waals surface area (Å²) >= 11 is 0. The molecule has 0 spiro atoms. The van der Waals surface area contributed by atoms with Gasteiger partial charge in [-0.15, -0.1) is 0 Å². The van der Waals surface area contributed by atoms with Crippen molar-refractivity contribution in [3.05, 3.63) is 53.9 Å². The molecule has 4 rings (SSSR count). The van der Waals surface area contributed by atoms with Gasteiger partial charge in [0.25, 0.3) is 0 Å². The summed E-state index contributed by atoms with van der Waals surface area (Å²) in [4.78, 5) is 6.53. The van der Waals surface area contributed by atoms with Crippen molar-refractivity contribution in [3.8, 4) is 0 Å². The van der Waals surface area contributed by atoms with Crippen molar-refractivity contribution in [3.63, 3.8) is 0 Å². The van der Waals surface area contributed by atoms with E-state index in [0.717, 1.165) is 12.5 Å². The largest absolute Gasteiger partial charge is 0.364 e. The Labute approximate surface area is 171 Å². The molecule has 2 aliphatic rings. The zero-order valence-corrected chi connectivity index (χ0v) is 17.4. The Morgan fingerprint density at radius 2 is 1.97 bits per heavy atom. The minimum absolute atomic E-state index is 0.126. The highest BCUT2D eigenvalue weighted by Crippen LogP contribution is 2.46. The highest BCUT2D eigenvalue weighted by Gasteiger charge is 2.38. The molecule has 2 atom stereocenters. The SMILES string of the molecule is CN=C(NCC1CC1c1ccccc1)N1CCN(S(=O)(=O)Cc2ccon2)CC1. The maximum absolute atomic E-state index is 12.6. The fourth-order valence-corrected chi connectivity index (χ4v) is 5.33. The summed E-state index contributed by atoms with van der Waals surface area (Å²) in [5.74, 6) is 1.97. The molecule has 9 heteroatoms. The van der Waals surface area contributed by atoms with Crippen molar-refractivity contribution >= 4 is 16.0 Å². The molecular weight excluding hydrogens is 390 g/mol. The first kappa shape index (κ1) is 19.9. The molecule has 2 heterocycles. The van der Waals surface area contributed by atoms with Crippen molar-refractivity contribution in [2.45, 2.75) is 18.1 Å². The van der Waals surface area contributed by atoms with Gasteiger partial charge in [0.15, 0.2) is 5.96 Å². The van der Waals surface area contributed by atoms with Crippen molar-refractivity contribution < 1.29 is 12.9 Å². The predicted molar refractivity (Wildman–Crippen MR) is 111 cm³/mol. The summed E-state index contributed by atoms with van der Waals surface area (Å²) in [6, 6.07) is 12.2. The van der Waals surface area contributed by atoms with Gasteiger partial charge in [-0.05, 0) is 23.8 Å². The third kappa shape index (κ3) is 4.79. The molecule has 1 aliphatic heterocycles. The van der Waals surface area contributed by atoms with Gasteiger partial charge in [-0.25, -0.2) is 8.42 Å². The molecule has 1 N–H and O–H groups in total. The first-order valence-corrected chi connectivity index (χ1v) is 11.6. The van der Waals surface area contributed by atoms with Crippen LogP contribution >= 0.6 is 0 Å². The van der Waals surface area contributed by atoms with E-state index in [1.165, 1.54) is 22.6 Å². The second-order valence-corrected chi connectivity index (χ2v) is 9.54. The van der Waals surface area contributed by atoms with E-state index in [1.807, 2.05) is 6.07 Å². The van der Waals surface area contributed by atoms with Gasteiger partial charge < -0.3 is 14.7 Å². The highest BCUT2D eigenvalue weighted by molar-refractivity contribution is 7.88. The number of hydrogen-bond acceptors (Lipinski definition) is 5. The fraction of sp³-hybridized carbons (Fsp3) is 0.500. The van der Waals surface area contributed by atoms with Crippen LogP contribution in [0.25, 0.3) is 0 Å². The lowest BCUT2D eigenvalue weighted by Gasteiger charge is -2.35. The molecule has 0 bridgehead atoms. The number of benzene rings is 1. The molecule has 1 aliphatic carbocycles. The molecule has 1 saturated carbocycles. The molecule has 0 radical (unpaired) electrons. The molecule has 0 amide bonds. The molecule has 1 saturated heterocycles. The van der Waals surface area contributed by atoms with E-state index >= 15 is 0 Å². The third-order valence-corrected chi connectivity index (χ3v) is 7.45. The molecule has 2 unspecified atom stereocenters. The molecule has 2 fully saturated rings. The number of aromatic nitrogens is 1. The van der Waals surface area contributed by atoms with E-state index in [9.17, 15) is 8.42 Å². The molecule has 2 aromatic rings. The summed E-state index contributed by atoms with van der Waals surface area (Å²) in [6.07, 6.45) is 2.59. The van der Waals surface area contributed by atoms with Crippen LogP contribution in [0.15, 0.2) is 52.2 Å². The Hall–Kier alpha value is -2.39. The number of nitrogens with zero attached hydrogens (tertiary/aromatic N) is 4. The molecular formula is C20H27N5O3S. The van der Waals surface area contributed by atoms with Crippen molar-refractivity contribution in [1.29, 1.82) is 0 Å². The quantitative estimate of drug-likeness (QED) is 0.566. The summed E-state index contributed by atoms with van der Waals surface area (Å²) in [5, 5.41) is 7.18. The Balaban J connectivity index is 1.25. The standard InChI is InChI=1S/C20H27N5O3S/c1-21-20(22-14-17-13-19(17)16-5-3-2-4-6-16)24-8-10-25(11-9-24)29(26,27)15-18-7-12-28-23-18/h2-7,12,17,19H,8-11,13-15H2,1H3,(H,21,22). The van der Waals surface area contributed by atoms with Gasteiger partial charge in [0.1, 0.15) is 12.0 Å². The van der Waals surface area contributed by atoms with Crippen LogP contribution < -0.4 is 5.32 Å². The smallest absolute Gasteiger partial charge is 0.220 e. The first-order chi connectivity index (χ1) is 14.1. The van der Waals surface area contributed by atoms with Gasteiger partial charge in [-0.1, -0.05) is 35.5 Å². The average Bonchev–Trinajstić information content (AvgIpc) is 3.35. The molecule has 8 nitrogen and oxygen atoms in total. The lowest BCUT2D eigenvalue weighted by molar-refractivity contribution is 0.259. The van der Waals surface area contributed by atoms with Crippen LogP contribution in [-0.4, -0.2) is 68.5 Å². The third-order valence-electron chi connectivity index (χ3n) is 5.64. The van der Waals surface area contributed by atoms with Gasteiger partial charge in [-0.2, -0.15) is 4.31 Å². The summed E-state index contributed by atoms with van der Waals surface area (Å²) in [7, 11) is -1.62. The minimum Gasteiger partial charge on any atom is -0.364 e. The van der Waals surface area contributed by atoms with E-state index in [0.29, 0.717) is 43.7 Å². The minimum atomic E-state index is -3.39. The van der Waals surface area contributed by atoms with E-state index < -0.39 is 10.0 Å². The van der Waals surface area contributed by atoms with Crippen LogP contribution in [0.4, 0.5) is 0 Å². The topological polar surface area (TPSA) is 91.0 Å². The van der Waals surface area contributed by atoms with E-state index in [1.54, 1.807) is 13.1 Å². The Kier molecular flexibility index (Phi) is 5.86. The van der Waals surface area contributed by atoms with Crippen molar-refractivity contribution in [2.24, 2.45) is 10.9 Å². The molecule has 29 heavy (non-hydrogen) atoms. The number of rotatable bonds is 6. The first-order valence-electron chi connectivity index (χ1n) is 9.94. The van der Waals surface area contributed by atoms with Crippen LogP contribution in [0.5, 0.6) is 0 Å². The maximum Gasteiger partial charge on any atom is 0.220 e. The van der Waals surface area contributed by atoms with Gasteiger partial charge >= 0.3 is 0 Å². The van der Waals surface area contributed by atoms with Crippen LogP contribution in [0.1, 0.15) is 23.6 Å². The van der Waals surface area contributed by atoms with Crippen LogP contribution in [-0.2, 0) is 15.8 Å². The van der Waals surface area contributed by atoms with Gasteiger partial charge in [0, 0.05) is 45.8 Å². The van der Waals surface area contributed by atoms with E-state index in [2.05, 4.69) is 44.6 Å². The predicted octanol–water partition coefficient (Wildman–Crippen LogP) is 1.50. The Bertz CT molecular complexity index is 922. The Morgan fingerprint density at radius 3 is 2.62 bits per heavy atom. The summed E-state index contributed by atoms with van der Waals surface area (Å²) < 4.78 is 31.4. The van der Waals surface area contributed by atoms with Crippen LogP contribution in [0.2, 0.25) is 0 Å². The van der Waals surface area contributed by atoms with E-state index in [4.69, 9.17) is 4.52 Å². The van der Waals surface area contributed by atoms with Gasteiger partial charge in [0.2, 0.25) is 10.0 Å². The Morgan fingerprint density at radius 1 is 1.21 bits per heavy atom.